The van der Waals surface area contributed by atoms with Gasteiger partial charge in [-0.05, 0) is 42.4 Å². The SMILES string of the molecule is CN(Cc1ccc(N)cc1)Cc1cccc(Cl)c1. The van der Waals surface area contributed by atoms with Crippen LogP contribution in [0.5, 0.6) is 0 Å². The second-order valence-corrected chi connectivity index (χ2v) is 4.98. The molecule has 18 heavy (non-hydrogen) atoms. The van der Waals surface area contributed by atoms with Gasteiger partial charge in [-0.3, -0.25) is 4.90 Å². The molecule has 0 aliphatic rings. The molecule has 0 amide bonds. The third-order valence-electron chi connectivity index (χ3n) is 2.77. The highest BCUT2D eigenvalue weighted by Gasteiger charge is 2.02. The molecule has 0 fully saturated rings. The van der Waals surface area contributed by atoms with Gasteiger partial charge in [0.2, 0.25) is 0 Å². The van der Waals surface area contributed by atoms with E-state index >= 15 is 0 Å². The number of nitrogens with zero attached hydrogens (tertiary/aromatic N) is 1. The lowest BCUT2D eigenvalue weighted by molar-refractivity contribution is 0.319. The molecular weight excluding hydrogens is 244 g/mol. The Kier molecular flexibility index (Phi) is 4.24. The van der Waals surface area contributed by atoms with Crippen molar-refractivity contribution in [1.82, 2.24) is 4.90 Å². The summed E-state index contributed by atoms with van der Waals surface area (Å²) in [4.78, 5) is 2.25. The van der Waals surface area contributed by atoms with Gasteiger partial charge in [0.05, 0.1) is 0 Å². The highest BCUT2D eigenvalue weighted by Crippen LogP contribution is 2.14. The predicted molar refractivity (Wildman–Crippen MR) is 77.5 cm³/mol. The lowest BCUT2D eigenvalue weighted by atomic mass is 10.1. The quantitative estimate of drug-likeness (QED) is 0.852. The molecule has 2 nitrogen and oxygen atoms in total. The van der Waals surface area contributed by atoms with Crippen LogP contribution in [0.1, 0.15) is 11.1 Å². The minimum Gasteiger partial charge on any atom is -0.399 e. The van der Waals surface area contributed by atoms with Gasteiger partial charge in [0, 0.05) is 23.8 Å². The van der Waals surface area contributed by atoms with E-state index in [-0.39, 0.29) is 0 Å². The topological polar surface area (TPSA) is 29.3 Å². The second-order valence-electron chi connectivity index (χ2n) is 4.54. The first-order chi connectivity index (χ1) is 8.63. The normalized spacial score (nSPS) is 10.8. The number of nitrogens with two attached hydrogens (primary N) is 1. The number of hydrogen-bond acceptors (Lipinski definition) is 2. The Morgan fingerprint density at radius 3 is 2.33 bits per heavy atom. The van der Waals surface area contributed by atoms with Crippen LogP contribution in [-0.4, -0.2) is 11.9 Å². The van der Waals surface area contributed by atoms with Gasteiger partial charge in [-0.25, -0.2) is 0 Å². The zero-order valence-corrected chi connectivity index (χ0v) is 11.2. The van der Waals surface area contributed by atoms with E-state index in [9.17, 15) is 0 Å². The number of anilines is 1. The van der Waals surface area contributed by atoms with Crippen molar-refractivity contribution in [2.75, 3.05) is 12.8 Å². The van der Waals surface area contributed by atoms with Crippen LogP contribution in [0.25, 0.3) is 0 Å². The van der Waals surface area contributed by atoms with Gasteiger partial charge in [-0.2, -0.15) is 0 Å². The van der Waals surface area contributed by atoms with Crippen LogP contribution in [0.15, 0.2) is 48.5 Å². The van der Waals surface area contributed by atoms with Crippen molar-refractivity contribution in [2.24, 2.45) is 0 Å². The monoisotopic (exact) mass is 260 g/mol. The van der Waals surface area contributed by atoms with Gasteiger partial charge in [-0.1, -0.05) is 35.9 Å². The van der Waals surface area contributed by atoms with Gasteiger partial charge in [0.15, 0.2) is 0 Å². The summed E-state index contributed by atoms with van der Waals surface area (Å²) in [6.45, 7) is 1.78. The minimum absolute atomic E-state index is 0.786. The van der Waals surface area contributed by atoms with Crippen LogP contribution in [0.4, 0.5) is 5.69 Å². The van der Waals surface area contributed by atoms with Crippen LogP contribution >= 0.6 is 11.6 Å². The van der Waals surface area contributed by atoms with E-state index in [4.69, 9.17) is 17.3 Å². The van der Waals surface area contributed by atoms with Crippen molar-refractivity contribution in [3.05, 3.63) is 64.7 Å². The molecule has 2 aromatic carbocycles. The summed E-state index contributed by atoms with van der Waals surface area (Å²) in [5.74, 6) is 0. The van der Waals surface area contributed by atoms with Crippen molar-refractivity contribution in [2.45, 2.75) is 13.1 Å². The van der Waals surface area contributed by atoms with Crippen molar-refractivity contribution in [3.8, 4) is 0 Å². The average molecular weight is 261 g/mol. The molecule has 2 N–H and O–H groups in total. The molecule has 0 atom stereocenters. The summed E-state index contributed by atoms with van der Waals surface area (Å²) in [6.07, 6.45) is 0. The third kappa shape index (κ3) is 3.76. The fraction of sp³-hybridized carbons (Fsp3) is 0.200. The molecule has 94 valence electrons. The Morgan fingerprint density at radius 2 is 1.67 bits per heavy atom. The number of benzene rings is 2. The summed E-state index contributed by atoms with van der Waals surface area (Å²) >= 11 is 5.97. The number of halogens is 1. The molecule has 2 aromatic rings. The number of hydrogen-bond donors (Lipinski definition) is 1. The van der Waals surface area contributed by atoms with Gasteiger partial charge >= 0.3 is 0 Å². The van der Waals surface area contributed by atoms with E-state index < -0.39 is 0 Å². The fourth-order valence-electron chi connectivity index (χ4n) is 1.94. The van der Waals surface area contributed by atoms with Gasteiger partial charge in [-0.15, -0.1) is 0 Å². The first-order valence-corrected chi connectivity index (χ1v) is 6.29. The maximum absolute atomic E-state index is 5.97. The van der Waals surface area contributed by atoms with E-state index in [1.54, 1.807) is 0 Å². The van der Waals surface area contributed by atoms with E-state index in [1.165, 1.54) is 11.1 Å². The van der Waals surface area contributed by atoms with Crippen LogP contribution in [0, 0.1) is 0 Å². The van der Waals surface area contributed by atoms with Gasteiger partial charge < -0.3 is 5.73 Å². The van der Waals surface area contributed by atoms with Crippen LogP contribution in [0.3, 0.4) is 0 Å². The second kappa shape index (κ2) is 5.89. The Labute approximate surface area is 113 Å². The summed E-state index contributed by atoms with van der Waals surface area (Å²) in [5, 5.41) is 0.786. The molecule has 0 aromatic heterocycles. The molecule has 0 heterocycles. The molecule has 0 saturated heterocycles. The number of nitrogen functional groups attached to an aromatic ring is 1. The van der Waals surface area contributed by atoms with Crippen LogP contribution in [0.2, 0.25) is 5.02 Å². The summed E-state index contributed by atoms with van der Waals surface area (Å²) in [7, 11) is 2.09. The van der Waals surface area contributed by atoms with Crippen molar-refractivity contribution in [3.63, 3.8) is 0 Å². The lowest BCUT2D eigenvalue weighted by Gasteiger charge is -2.17. The molecule has 0 spiro atoms. The van der Waals surface area contributed by atoms with Gasteiger partial charge in [0.1, 0.15) is 0 Å². The maximum Gasteiger partial charge on any atom is 0.0409 e. The maximum atomic E-state index is 5.97. The lowest BCUT2D eigenvalue weighted by Crippen LogP contribution is -2.17. The first-order valence-electron chi connectivity index (χ1n) is 5.91. The first kappa shape index (κ1) is 12.9. The van der Waals surface area contributed by atoms with E-state index in [2.05, 4.69) is 30.1 Å². The molecule has 0 aliphatic heterocycles. The summed E-state index contributed by atoms with van der Waals surface area (Å²) < 4.78 is 0. The molecule has 0 radical (unpaired) electrons. The fourth-order valence-corrected chi connectivity index (χ4v) is 2.15. The smallest absolute Gasteiger partial charge is 0.0409 e. The van der Waals surface area contributed by atoms with Crippen molar-refractivity contribution in [1.29, 1.82) is 0 Å². The largest absolute Gasteiger partial charge is 0.399 e. The Morgan fingerprint density at radius 1 is 1.00 bits per heavy atom. The average Bonchev–Trinajstić information content (AvgIpc) is 2.32. The highest BCUT2D eigenvalue weighted by atomic mass is 35.5. The zero-order chi connectivity index (χ0) is 13.0. The third-order valence-corrected chi connectivity index (χ3v) is 3.01. The van der Waals surface area contributed by atoms with Crippen LogP contribution < -0.4 is 5.73 Å². The minimum atomic E-state index is 0.786. The van der Waals surface area contributed by atoms with Gasteiger partial charge in [0.25, 0.3) is 0 Å². The Balaban J connectivity index is 1.96. The molecule has 3 heteroatoms. The molecular formula is C15H17ClN2. The van der Waals surface area contributed by atoms with Crippen molar-refractivity contribution >= 4 is 17.3 Å². The Bertz CT molecular complexity index is 508. The summed E-state index contributed by atoms with van der Waals surface area (Å²) in [5.41, 5.74) is 8.95. The Hall–Kier alpha value is -1.51. The van der Waals surface area contributed by atoms with E-state index in [0.29, 0.717) is 0 Å². The molecule has 2 rings (SSSR count). The standard InChI is InChI=1S/C15H17ClN2/c1-18(10-12-5-7-15(17)8-6-12)11-13-3-2-4-14(16)9-13/h2-9H,10-11,17H2,1H3. The molecule has 0 aliphatic carbocycles. The molecule has 0 saturated carbocycles. The summed E-state index contributed by atoms with van der Waals surface area (Å²) in [6, 6.07) is 15.9. The van der Waals surface area contributed by atoms with E-state index in [0.717, 1.165) is 23.8 Å². The predicted octanol–water partition coefficient (Wildman–Crippen LogP) is 3.55. The van der Waals surface area contributed by atoms with Crippen molar-refractivity contribution < 1.29 is 0 Å². The van der Waals surface area contributed by atoms with Crippen LogP contribution in [-0.2, 0) is 13.1 Å². The highest BCUT2D eigenvalue weighted by molar-refractivity contribution is 6.30. The van der Waals surface area contributed by atoms with E-state index in [1.807, 2.05) is 30.3 Å². The number of rotatable bonds is 4. The molecule has 0 bridgehead atoms. The zero-order valence-electron chi connectivity index (χ0n) is 10.4. The molecule has 0 unspecified atom stereocenters.